The van der Waals surface area contributed by atoms with E-state index in [0.29, 0.717) is 11.4 Å². The highest BCUT2D eigenvalue weighted by molar-refractivity contribution is 5.61. The largest absolute Gasteiger partial charge is 0.495 e. The molecule has 84 valence electrons. The lowest BCUT2D eigenvalue weighted by atomic mass is 10.2. The fraction of sp³-hybridized carbons (Fsp3) is 0.455. The molecule has 0 saturated carbocycles. The van der Waals surface area contributed by atoms with Crippen LogP contribution in [0.4, 0.5) is 11.4 Å². The van der Waals surface area contributed by atoms with Gasteiger partial charge in [-0.3, -0.25) is 0 Å². The van der Waals surface area contributed by atoms with Gasteiger partial charge < -0.3 is 20.9 Å². The first kappa shape index (κ1) is 11.7. The van der Waals surface area contributed by atoms with E-state index in [2.05, 4.69) is 5.32 Å². The minimum Gasteiger partial charge on any atom is -0.495 e. The van der Waals surface area contributed by atoms with Gasteiger partial charge in [0.2, 0.25) is 0 Å². The van der Waals surface area contributed by atoms with Crippen molar-refractivity contribution >= 4 is 11.4 Å². The summed E-state index contributed by atoms with van der Waals surface area (Å²) in [5.74, 6) is 0.683. The van der Waals surface area contributed by atoms with Crippen molar-refractivity contribution in [2.45, 2.75) is 12.8 Å². The monoisotopic (exact) mass is 210 g/mol. The number of hydrogen-bond donors (Lipinski definition) is 3. The zero-order valence-corrected chi connectivity index (χ0v) is 8.99. The molecule has 0 amide bonds. The van der Waals surface area contributed by atoms with Crippen molar-refractivity contribution in [2.24, 2.45) is 0 Å². The Bertz CT molecular complexity index is 303. The number of unbranched alkanes of at least 4 members (excludes halogenated alkanes) is 1. The smallest absolute Gasteiger partial charge is 0.143 e. The van der Waals surface area contributed by atoms with Crippen LogP contribution in [0.15, 0.2) is 18.2 Å². The second kappa shape index (κ2) is 6.14. The highest BCUT2D eigenvalue weighted by Crippen LogP contribution is 2.24. The lowest BCUT2D eigenvalue weighted by Gasteiger charge is -2.09. The Labute approximate surface area is 90.1 Å². The Morgan fingerprint density at radius 3 is 2.87 bits per heavy atom. The molecule has 0 radical (unpaired) electrons. The molecule has 1 aromatic carbocycles. The Morgan fingerprint density at radius 1 is 1.40 bits per heavy atom. The van der Waals surface area contributed by atoms with Crippen LogP contribution >= 0.6 is 0 Å². The van der Waals surface area contributed by atoms with Gasteiger partial charge in [-0.25, -0.2) is 0 Å². The van der Waals surface area contributed by atoms with Gasteiger partial charge >= 0.3 is 0 Å². The summed E-state index contributed by atoms with van der Waals surface area (Å²) in [6.07, 6.45) is 1.77. The molecule has 0 fully saturated rings. The third-order valence-corrected chi connectivity index (χ3v) is 2.15. The molecular formula is C11H18N2O2. The predicted octanol–water partition coefficient (Wildman–Crippen LogP) is 1.46. The number of nitrogen functional groups attached to an aromatic ring is 1. The van der Waals surface area contributed by atoms with Crippen LogP contribution in [0.5, 0.6) is 5.75 Å². The van der Waals surface area contributed by atoms with Crippen LogP contribution in [0.25, 0.3) is 0 Å². The van der Waals surface area contributed by atoms with Gasteiger partial charge in [0.05, 0.1) is 12.8 Å². The summed E-state index contributed by atoms with van der Waals surface area (Å²) in [4.78, 5) is 0. The van der Waals surface area contributed by atoms with Crippen molar-refractivity contribution in [2.75, 3.05) is 31.3 Å². The van der Waals surface area contributed by atoms with Crippen LogP contribution in [-0.2, 0) is 0 Å². The van der Waals surface area contributed by atoms with E-state index in [1.54, 1.807) is 7.11 Å². The Balaban J connectivity index is 2.47. The molecule has 0 aromatic heterocycles. The summed E-state index contributed by atoms with van der Waals surface area (Å²) in [7, 11) is 1.60. The Kier molecular flexibility index (Phi) is 4.77. The topological polar surface area (TPSA) is 67.5 Å². The number of aliphatic hydroxyl groups is 1. The molecule has 0 heterocycles. The van der Waals surface area contributed by atoms with Gasteiger partial charge in [-0.15, -0.1) is 0 Å². The number of anilines is 2. The highest BCUT2D eigenvalue weighted by Gasteiger charge is 1.99. The first-order valence-corrected chi connectivity index (χ1v) is 5.06. The van der Waals surface area contributed by atoms with E-state index < -0.39 is 0 Å². The van der Waals surface area contributed by atoms with Gasteiger partial charge in [-0.1, -0.05) is 0 Å². The van der Waals surface area contributed by atoms with Gasteiger partial charge in [0.25, 0.3) is 0 Å². The number of nitrogens with one attached hydrogen (secondary N) is 1. The van der Waals surface area contributed by atoms with E-state index >= 15 is 0 Å². The number of ether oxygens (including phenoxy) is 1. The second-order valence-electron chi connectivity index (χ2n) is 3.31. The van der Waals surface area contributed by atoms with Gasteiger partial charge in [0.1, 0.15) is 5.75 Å². The third kappa shape index (κ3) is 3.67. The predicted molar refractivity (Wildman–Crippen MR) is 62.2 cm³/mol. The average molecular weight is 210 g/mol. The van der Waals surface area contributed by atoms with Crippen molar-refractivity contribution in [3.8, 4) is 5.75 Å². The number of benzene rings is 1. The summed E-state index contributed by atoms with van der Waals surface area (Å²) in [5.41, 5.74) is 7.31. The SMILES string of the molecule is COc1cc(NCCCCO)ccc1N. The van der Waals surface area contributed by atoms with E-state index in [4.69, 9.17) is 15.6 Å². The van der Waals surface area contributed by atoms with Gasteiger partial charge in [0, 0.05) is 24.9 Å². The molecule has 4 nitrogen and oxygen atoms in total. The van der Waals surface area contributed by atoms with E-state index in [-0.39, 0.29) is 6.61 Å². The van der Waals surface area contributed by atoms with Gasteiger partial charge in [-0.05, 0) is 25.0 Å². The normalized spacial score (nSPS) is 10.0. The fourth-order valence-electron chi connectivity index (χ4n) is 1.29. The molecule has 4 N–H and O–H groups in total. The average Bonchev–Trinajstić information content (AvgIpc) is 2.26. The summed E-state index contributed by atoms with van der Waals surface area (Å²) < 4.78 is 5.11. The summed E-state index contributed by atoms with van der Waals surface area (Å²) in [5, 5.41) is 11.9. The number of methoxy groups -OCH3 is 1. The minimum atomic E-state index is 0.243. The summed E-state index contributed by atoms with van der Waals surface area (Å²) >= 11 is 0. The molecule has 1 aromatic rings. The fourth-order valence-corrected chi connectivity index (χ4v) is 1.29. The van der Waals surface area contributed by atoms with E-state index in [9.17, 15) is 0 Å². The van der Waals surface area contributed by atoms with Crippen molar-refractivity contribution in [1.29, 1.82) is 0 Å². The standard InChI is InChI=1S/C11H18N2O2/c1-15-11-8-9(4-5-10(11)12)13-6-2-3-7-14/h4-5,8,13-14H,2-3,6-7,12H2,1H3. The highest BCUT2D eigenvalue weighted by atomic mass is 16.5. The first-order valence-electron chi connectivity index (χ1n) is 5.06. The van der Waals surface area contributed by atoms with Crippen LogP contribution in [0.3, 0.4) is 0 Å². The van der Waals surface area contributed by atoms with Crippen molar-refractivity contribution < 1.29 is 9.84 Å². The van der Waals surface area contributed by atoms with Gasteiger partial charge in [-0.2, -0.15) is 0 Å². The second-order valence-corrected chi connectivity index (χ2v) is 3.31. The zero-order valence-electron chi connectivity index (χ0n) is 8.99. The van der Waals surface area contributed by atoms with Crippen LogP contribution in [0.2, 0.25) is 0 Å². The van der Waals surface area contributed by atoms with Crippen LogP contribution in [-0.4, -0.2) is 25.4 Å². The van der Waals surface area contributed by atoms with Crippen molar-refractivity contribution in [3.05, 3.63) is 18.2 Å². The maximum Gasteiger partial charge on any atom is 0.143 e. The van der Waals surface area contributed by atoms with E-state index in [1.807, 2.05) is 18.2 Å². The van der Waals surface area contributed by atoms with E-state index in [1.165, 1.54) is 0 Å². The maximum atomic E-state index is 8.62. The summed E-state index contributed by atoms with van der Waals surface area (Å²) in [6.45, 7) is 1.08. The lowest BCUT2D eigenvalue weighted by Crippen LogP contribution is -2.03. The third-order valence-electron chi connectivity index (χ3n) is 2.15. The number of rotatable bonds is 6. The maximum absolute atomic E-state index is 8.62. The number of hydrogen-bond acceptors (Lipinski definition) is 4. The number of nitrogens with two attached hydrogens (primary N) is 1. The lowest BCUT2D eigenvalue weighted by molar-refractivity contribution is 0.286. The zero-order chi connectivity index (χ0) is 11.1. The molecule has 0 bridgehead atoms. The molecular weight excluding hydrogens is 192 g/mol. The molecule has 1 rings (SSSR count). The molecule has 0 aliphatic heterocycles. The molecule has 0 unspecified atom stereocenters. The van der Waals surface area contributed by atoms with Crippen molar-refractivity contribution in [3.63, 3.8) is 0 Å². The van der Waals surface area contributed by atoms with Crippen LogP contribution < -0.4 is 15.8 Å². The van der Waals surface area contributed by atoms with Gasteiger partial charge in [0.15, 0.2) is 0 Å². The van der Waals surface area contributed by atoms with Crippen LogP contribution in [0.1, 0.15) is 12.8 Å². The van der Waals surface area contributed by atoms with Crippen molar-refractivity contribution in [1.82, 2.24) is 0 Å². The Hall–Kier alpha value is -1.42. The quantitative estimate of drug-likeness (QED) is 0.491. The first-order chi connectivity index (χ1) is 7.27. The molecule has 4 heteroatoms. The summed E-state index contributed by atoms with van der Waals surface area (Å²) in [6, 6.07) is 5.60. The molecule has 0 aliphatic rings. The molecule has 0 spiro atoms. The van der Waals surface area contributed by atoms with E-state index in [0.717, 1.165) is 25.1 Å². The number of aliphatic hydroxyl groups excluding tert-OH is 1. The molecule has 0 aliphatic carbocycles. The molecule has 15 heavy (non-hydrogen) atoms. The molecule has 0 atom stereocenters. The van der Waals surface area contributed by atoms with Crippen LogP contribution in [0, 0.1) is 0 Å². The Morgan fingerprint density at radius 2 is 2.20 bits per heavy atom. The molecule has 0 saturated heterocycles. The minimum absolute atomic E-state index is 0.243.